The average Bonchev–Trinajstić information content (AvgIpc) is 3.00. The monoisotopic (exact) mass is 314 g/mol. The van der Waals surface area contributed by atoms with Gasteiger partial charge in [0.15, 0.2) is 0 Å². The lowest BCUT2D eigenvalue weighted by molar-refractivity contribution is 0.0939. The minimum atomic E-state index is -0.0659. The first-order chi connectivity index (χ1) is 10.8. The van der Waals surface area contributed by atoms with Gasteiger partial charge in [-0.15, -0.1) is 0 Å². The molecule has 2 aromatic rings. The number of rotatable bonds is 5. The number of likely N-dealkylation sites (N-methyl/N-ethyl adjacent to an activating group) is 1. The van der Waals surface area contributed by atoms with Crippen LogP contribution in [-0.2, 0) is 5.41 Å². The van der Waals surface area contributed by atoms with E-state index in [4.69, 9.17) is 4.42 Å². The fourth-order valence-electron chi connectivity index (χ4n) is 2.43. The Labute approximate surface area is 138 Å². The zero-order valence-corrected chi connectivity index (χ0v) is 14.6. The molecular weight excluding hydrogens is 288 g/mol. The molecule has 23 heavy (non-hydrogen) atoms. The molecule has 1 atom stereocenters. The van der Waals surface area contributed by atoms with Crippen molar-refractivity contribution in [2.75, 3.05) is 20.6 Å². The molecule has 0 radical (unpaired) electrons. The highest BCUT2D eigenvalue weighted by molar-refractivity contribution is 5.94. The Morgan fingerprint density at radius 3 is 2.30 bits per heavy atom. The lowest BCUT2D eigenvalue weighted by Crippen LogP contribution is -2.34. The highest BCUT2D eigenvalue weighted by Crippen LogP contribution is 2.22. The highest BCUT2D eigenvalue weighted by atomic mass is 16.3. The Morgan fingerprint density at radius 1 is 1.17 bits per heavy atom. The zero-order valence-electron chi connectivity index (χ0n) is 14.6. The normalized spacial score (nSPS) is 13.1. The fraction of sp³-hybridized carbons (Fsp3) is 0.421. The molecule has 0 unspecified atom stereocenters. The Hall–Kier alpha value is -2.07. The number of benzene rings is 1. The molecule has 1 aromatic heterocycles. The number of amides is 1. The zero-order chi connectivity index (χ0) is 17.0. The molecule has 124 valence electrons. The topological polar surface area (TPSA) is 45.5 Å². The molecule has 0 fully saturated rings. The second-order valence-electron chi connectivity index (χ2n) is 7.03. The van der Waals surface area contributed by atoms with Gasteiger partial charge in [0.1, 0.15) is 5.76 Å². The van der Waals surface area contributed by atoms with E-state index in [2.05, 4.69) is 26.1 Å². The van der Waals surface area contributed by atoms with Crippen LogP contribution < -0.4 is 5.32 Å². The smallest absolute Gasteiger partial charge is 0.251 e. The van der Waals surface area contributed by atoms with Crippen LogP contribution >= 0.6 is 0 Å². The molecule has 1 N–H and O–H groups in total. The van der Waals surface area contributed by atoms with Crippen LogP contribution in [0, 0.1) is 0 Å². The predicted molar refractivity (Wildman–Crippen MR) is 92.6 cm³/mol. The van der Waals surface area contributed by atoms with Gasteiger partial charge in [0.25, 0.3) is 5.91 Å². The summed E-state index contributed by atoms with van der Waals surface area (Å²) in [4.78, 5) is 14.4. The van der Waals surface area contributed by atoms with Crippen LogP contribution in [0.5, 0.6) is 0 Å². The van der Waals surface area contributed by atoms with E-state index in [0.29, 0.717) is 12.1 Å². The van der Waals surface area contributed by atoms with Crippen LogP contribution in [0.3, 0.4) is 0 Å². The number of hydrogen-bond acceptors (Lipinski definition) is 3. The molecule has 1 heterocycles. The van der Waals surface area contributed by atoms with Crippen molar-refractivity contribution in [2.24, 2.45) is 0 Å². The SMILES string of the molecule is CN(C)[C@H](CNC(=O)c1ccc(C(C)(C)C)cc1)c1ccco1. The summed E-state index contributed by atoms with van der Waals surface area (Å²) >= 11 is 0. The van der Waals surface area contributed by atoms with Crippen molar-refractivity contribution in [3.8, 4) is 0 Å². The lowest BCUT2D eigenvalue weighted by atomic mass is 9.87. The van der Waals surface area contributed by atoms with E-state index in [-0.39, 0.29) is 17.4 Å². The Kier molecular flexibility index (Phi) is 5.26. The van der Waals surface area contributed by atoms with Crippen molar-refractivity contribution in [2.45, 2.75) is 32.2 Å². The summed E-state index contributed by atoms with van der Waals surface area (Å²) in [6.45, 7) is 6.98. The standard InChI is InChI=1S/C19H26N2O2/c1-19(2,3)15-10-8-14(9-11-15)18(22)20-13-16(21(4)5)17-7-6-12-23-17/h6-12,16H,13H2,1-5H3,(H,20,22)/t16-/m1/s1. The summed E-state index contributed by atoms with van der Waals surface area (Å²) in [6.07, 6.45) is 1.65. The van der Waals surface area contributed by atoms with Crippen LogP contribution in [0.2, 0.25) is 0 Å². The molecule has 0 saturated heterocycles. The van der Waals surface area contributed by atoms with Crippen LogP contribution in [0.1, 0.15) is 48.5 Å². The summed E-state index contributed by atoms with van der Waals surface area (Å²) in [7, 11) is 3.94. The maximum atomic E-state index is 12.3. The Bertz CT molecular complexity index is 622. The highest BCUT2D eigenvalue weighted by Gasteiger charge is 2.19. The minimum Gasteiger partial charge on any atom is -0.468 e. The molecule has 1 amide bonds. The summed E-state index contributed by atoms with van der Waals surface area (Å²) in [5.41, 5.74) is 1.98. The predicted octanol–water partition coefficient (Wildman–Crippen LogP) is 3.61. The maximum absolute atomic E-state index is 12.3. The second-order valence-corrected chi connectivity index (χ2v) is 7.03. The first-order valence-electron chi connectivity index (χ1n) is 7.87. The van der Waals surface area contributed by atoms with Crippen LogP contribution in [0.25, 0.3) is 0 Å². The molecule has 4 nitrogen and oxygen atoms in total. The van der Waals surface area contributed by atoms with Gasteiger partial charge < -0.3 is 9.73 Å². The number of furan rings is 1. The molecular formula is C19H26N2O2. The van der Waals surface area contributed by atoms with Gasteiger partial charge >= 0.3 is 0 Å². The van der Waals surface area contributed by atoms with E-state index in [9.17, 15) is 4.79 Å². The van der Waals surface area contributed by atoms with Crippen molar-refractivity contribution >= 4 is 5.91 Å². The number of nitrogens with one attached hydrogen (secondary N) is 1. The molecule has 4 heteroatoms. The lowest BCUT2D eigenvalue weighted by Gasteiger charge is -2.23. The van der Waals surface area contributed by atoms with Gasteiger partial charge in [-0.2, -0.15) is 0 Å². The molecule has 2 rings (SSSR count). The average molecular weight is 314 g/mol. The van der Waals surface area contributed by atoms with E-state index in [1.54, 1.807) is 6.26 Å². The van der Waals surface area contributed by atoms with Crippen molar-refractivity contribution in [1.29, 1.82) is 0 Å². The number of hydrogen-bond donors (Lipinski definition) is 1. The van der Waals surface area contributed by atoms with E-state index >= 15 is 0 Å². The number of carbonyl (C=O) groups excluding carboxylic acids is 1. The van der Waals surface area contributed by atoms with Gasteiger partial charge in [0.05, 0.1) is 12.3 Å². The van der Waals surface area contributed by atoms with Crippen LogP contribution in [-0.4, -0.2) is 31.4 Å². The first-order valence-corrected chi connectivity index (χ1v) is 7.87. The fourth-order valence-corrected chi connectivity index (χ4v) is 2.43. The molecule has 0 bridgehead atoms. The van der Waals surface area contributed by atoms with Crippen LogP contribution in [0.15, 0.2) is 47.1 Å². The quantitative estimate of drug-likeness (QED) is 0.917. The van der Waals surface area contributed by atoms with Gasteiger partial charge in [-0.05, 0) is 49.3 Å². The molecule has 0 spiro atoms. The molecule has 0 aliphatic heterocycles. The largest absolute Gasteiger partial charge is 0.468 e. The van der Waals surface area contributed by atoms with Gasteiger partial charge in [0, 0.05) is 12.1 Å². The summed E-state index contributed by atoms with van der Waals surface area (Å²) in [6, 6.07) is 11.6. The van der Waals surface area contributed by atoms with Crippen molar-refractivity contribution in [3.63, 3.8) is 0 Å². The number of nitrogens with zero attached hydrogens (tertiary/aromatic N) is 1. The Balaban J connectivity index is 2.01. The van der Waals surface area contributed by atoms with Gasteiger partial charge in [0.2, 0.25) is 0 Å². The first kappa shape index (κ1) is 17.3. The third kappa shape index (κ3) is 4.45. The van der Waals surface area contributed by atoms with Crippen LogP contribution in [0.4, 0.5) is 0 Å². The van der Waals surface area contributed by atoms with Gasteiger partial charge in [-0.1, -0.05) is 32.9 Å². The molecule has 0 saturated carbocycles. The van der Waals surface area contributed by atoms with Crippen molar-refractivity contribution in [3.05, 3.63) is 59.5 Å². The molecule has 0 aliphatic carbocycles. The van der Waals surface area contributed by atoms with E-state index in [1.165, 1.54) is 5.56 Å². The van der Waals surface area contributed by atoms with Gasteiger partial charge in [-0.25, -0.2) is 0 Å². The summed E-state index contributed by atoms with van der Waals surface area (Å²) in [5, 5.41) is 2.99. The van der Waals surface area contributed by atoms with E-state index < -0.39 is 0 Å². The van der Waals surface area contributed by atoms with Crippen molar-refractivity contribution < 1.29 is 9.21 Å². The van der Waals surface area contributed by atoms with Gasteiger partial charge in [-0.3, -0.25) is 9.69 Å². The van der Waals surface area contributed by atoms with Crippen molar-refractivity contribution in [1.82, 2.24) is 10.2 Å². The minimum absolute atomic E-state index is 0.0165. The summed E-state index contributed by atoms with van der Waals surface area (Å²) in [5.74, 6) is 0.780. The molecule has 1 aromatic carbocycles. The number of carbonyl (C=O) groups is 1. The third-order valence-electron chi connectivity index (χ3n) is 3.96. The van der Waals surface area contributed by atoms with E-state index in [0.717, 1.165) is 5.76 Å². The third-order valence-corrected chi connectivity index (χ3v) is 3.96. The molecule has 0 aliphatic rings. The second kappa shape index (κ2) is 7.01. The maximum Gasteiger partial charge on any atom is 0.251 e. The van der Waals surface area contributed by atoms with E-state index in [1.807, 2.05) is 55.4 Å². The summed E-state index contributed by atoms with van der Waals surface area (Å²) < 4.78 is 5.46. The Morgan fingerprint density at radius 2 is 1.83 bits per heavy atom.